The molecule has 5 heteroatoms. The van der Waals surface area contributed by atoms with Crippen LogP contribution in [0.3, 0.4) is 0 Å². The van der Waals surface area contributed by atoms with E-state index in [9.17, 15) is 0 Å². The average Bonchev–Trinajstić information content (AvgIpc) is 2.96. The lowest BCUT2D eigenvalue weighted by atomic mass is 10.0. The van der Waals surface area contributed by atoms with Gasteiger partial charge >= 0.3 is 0 Å². The van der Waals surface area contributed by atoms with Crippen molar-refractivity contribution in [2.24, 2.45) is 0 Å². The highest BCUT2D eigenvalue weighted by Crippen LogP contribution is 2.20. The first-order valence-corrected chi connectivity index (χ1v) is 6.98. The lowest BCUT2D eigenvalue weighted by Gasteiger charge is -2.26. The van der Waals surface area contributed by atoms with Crippen LogP contribution in [-0.2, 0) is 13.0 Å². The number of aromatic nitrogens is 3. The first-order valence-electron chi connectivity index (χ1n) is 6.98. The smallest absolute Gasteiger partial charge is 0.226 e. The van der Waals surface area contributed by atoms with Crippen LogP contribution in [0.2, 0.25) is 0 Å². The molecule has 0 saturated heterocycles. The molecule has 0 unspecified atom stereocenters. The quantitative estimate of drug-likeness (QED) is 0.853. The molecule has 0 fully saturated rings. The van der Waals surface area contributed by atoms with Crippen LogP contribution >= 0.6 is 0 Å². The summed E-state index contributed by atoms with van der Waals surface area (Å²) in [7, 11) is 0. The highest BCUT2D eigenvalue weighted by Gasteiger charge is 2.16. The average molecular weight is 270 g/mol. The Kier molecular flexibility index (Phi) is 3.87. The van der Waals surface area contributed by atoms with Crippen LogP contribution in [0.25, 0.3) is 5.57 Å². The van der Waals surface area contributed by atoms with Crippen molar-refractivity contribution in [1.29, 1.82) is 0 Å². The summed E-state index contributed by atoms with van der Waals surface area (Å²) in [6.07, 6.45) is 7.84. The van der Waals surface area contributed by atoms with Gasteiger partial charge in [-0.25, -0.2) is 0 Å². The second-order valence-electron chi connectivity index (χ2n) is 4.93. The Morgan fingerprint density at radius 3 is 3.10 bits per heavy atom. The van der Waals surface area contributed by atoms with Gasteiger partial charge in [0.05, 0.1) is 6.54 Å². The number of hydrogen-bond donors (Lipinski definition) is 0. The number of rotatable bonds is 4. The van der Waals surface area contributed by atoms with Crippen LogP contribution in [0, 0.1) is 0 Å². The molecule has 1 aliphatic heterocycles. The minimum absolute atomic E-state index is 0.708. The van der Waals surface area contributed by atoms with E-state index in [-0.39, 0.29) is 0 Å². The fraction of sp³-hybridized carbons (Fsp3) is 0.400. The van der Waals surface area contributed by atoms with Gasteiger partial charge in [-0.15, -0.1) is 0 Å². The van der Waals surface area contributed by atoms with E-state index in [0.717, 1.165) is 38.3 Å². The Hall–Kier alpha value is -2.01. The Morgan fingerprint density at radius 1 is 1.40 bits per heavy atom. The van der Waals surface area contributed by atoms with Gasteiger partial charge in [0.15, 0.2) is 5.82 Å². The summed E-state index contributed by atoms with van der Waals surface area (Å²) >= 11 is 0. The summed E-state index contributed by atoms with van der Waals surface area (Å²) in [5.74, 6) is 1.48. The zero-order valence-corrected chi connectivity index (χ0v) is 11.6. The van der Waals surface area contributed by atoms with E-state index >= 15 is 0 Å². The maximum absolute atomic E-state index is 5.15. The van der Waals surface area contributed by atoms with Crippen LogP contribution in [0.4, 0.5) is 0 Å². The van der Waals surface area contributed by atoms with Crippen LogP contribution in [0.15, 0.2) is 35.1 Å². The lowest BCUT2D eigenvalue weighted by molar-refractivity contribution is 0.281. The normalized spacial score (nSPS) is 16.1. The van der Waals surface area contributed by atoms with Crippen LogP contribution in [-0.4, -0.2) is 33.1 Å². The topological polar surface area (TPSA) is 55.1 Å². The highest BCUT2D eigenvalue weighted by molar-refractivity contribution is 5.66. The van der Waals surface area contributed by atoms with Crippen LogP contribution in [0.5, 0.6) is 0 Å². The van der Waals surface area contributed by atoms with E-state index in [4.69, 9.17) is 4.52 Å². The number of nitrogens with zero attached hydrogens (tertiary/aromatic N) is 4. The van der Waals surface area contributed by atoms with Gasteiger partial charge in [-0.2, -0.15) is 4.98 Å². The van der Waals surface area contributed by atoms with Crippen molar-refractivity contribution in [3.8, 4) is 0 Å². The summed E-state index contributed by atoms with van der Waals surface area (Å²) in [6.45, 7) is 4.68. The van der Waals surface area contributed by atoms with E-state index in [1.165, 1.54) is 11.1 Å². The number of aryl methyl sites for hydroxylation is 1. The first-order chi connectivity index (χ1) is 9.85. The van der Waals surface area contributed by atoms with Gasteiger partial charge in [-0.3, -0.25) is 9.88 Å². The highest BCUT2D eigenvalue weighted by atomic mass is 16.5. The van der Waals surface area contributed by atoms with E-state index in [0.29, 0.717) is 5.89 Å². The van der Waals surface area contributed by atoms with Gasteiger partial charge in [-0.05, 0) is 23.6 Å². The van der Waals surface area contributed by atoms with Crippen LogP contribution in [0.1, 0.15) is 30.6 Å². The summed E-state index contributed by atoms with van der Waals surface area (Å²) in [4.78, 5) is 10.9. The molecule has 2 aromatic rings. The number of pyridine rings is 1. The van der Waals surface area contributed by atoms with E-state index in [2.05, 4.69) is 32.2 Å². The van der Waals surface area contributed by atoms with Gasteiger partial charge in [0.25, 0.3) is 0 Å². The molecule has 0 radical (unpaired) electrons. The molecule has 0 N–H and O–H groups in total. The fourth-order valence-electron chi connectivity index (χ4n) is 2.40. The molecular weight excluding hydrogens is 252 g/mol. The minimum Gasteiger partial charge on any atom is -0.339 e. The maximum atomic E-state index is 5.15. The molecule has 2 aromatic heterocycles. The van der Waals surface area contributed by atoms with Gasteiger partial charge in [0, 0.05) is 31.9 Å². The van der Waals surface area contributed by atoms with Gasteiger partial charge in [0.2, 0.25) is 5.89 Å². The lowest BCUT2D eigenvalue weighted by Crippen LogP contribution is -2.29. The van der Waals surface area contributed by atoms with Gasteiger partial charge in [-0.1, -0.05) is 24.2 Å². The van der Waals surface area contributed by atoms with Crippen molar-refractivity contribution in [3.05, 3.63) is 47.9 Å². The molecule has 0 atom stereocenters. The van der Waals surface area contributed by atoms with Gasteiger partial charge < -0.3 is 4.52 Å². The second-order valence-corrected chi connectivity index (χ2v) is 4.93. The zero-order valence-electron chi connectivity index (χ0n) is 11.6. The molecule has 0 amide bonds. The maximum Gasteiger partial charge on any atom is 0.226 e. The Morgan fingerprint density at radius 2 is 2.35 bits per heavy atom. The molecule has 0 aromatic carbocycles. The minimum atomic E-state index is 0.708. The van der Waals surface area contributed by atoms with Crippen molar-refractivity contribution in [2.45, 2.75) is 26.3 Å². The zero-order chi connectivity index (χ0) is 13.8. The molecular formula is C15H18N4O. The third-order valence-corrected chi connectivity index (χ3v) is 3.44. The standard InChI is InChI=1S/C15H18N4O/c1-2-15-17-14(18-20-15)11-19-8-4-6-13(10-19)12-5-3-7-16-9-12/h3,5-7,9H,2,4,8,10-11H2,1H3. The third-order valence-electron chi connectivity index (χ3n) is 3.44. The summed E-state index contributed by atoms with van der Waals surface area (Å²) in [6, 6.07) is 4.08. The Balaban J connectivity index is 1.67. The molecule has 0 spiro atoms. The molecule has 5 nitrogen and oxygen atoms in total. The summed E-state index contributed by atoms with van der Waals surface area (Å²) in [5, 5.41) is 4.02. The molecule has 0 bridgehead atoms. The predicted octanol–water partition coefficient (Wildman–Crippen LogP) is 2.32. The molecule has 3 heterocycles. The van der Waals surface area contributed by atoms with E-state index in [1.807, 2.05) is 19.2 Å². The van der Waals surface area contributed by atoms with Crippen molar-refractivity contribution < 1.29 is 4.52 Å². The summed E-state index contributed by atoms with van der Waals surface area (Å²) in [5.41, 5.74) is 2.52. The fourth-order valence-corrected chi connectivity index (χ4v) is 2.40. The van der Waals surface area contributed by atoms with Crippen LogP contribution < -0.4 is 0 Å². The van der Waals surface area contributed by atoms with Crippen molar-refractivity contribution in [3.63, 3.8) is 0 Å². The second kappa shape index (κ2) is 5.96. The molecule has 20 heavy (non-hydrogen) atoms. The van der Waals surface area contributed by atoms with Crippen molar-refractivity contribution >= 4 is 5.57 Å². The van der Waals surface area contributed by atoms with Crippen molar-refractivity contribution in [1.82, 2.24) is 20.0 Å². The van der Waals surface area contributed by atoms with Crippen molar-refractivity contribution in [2.75, 3.05) is 13.1 Å². The molecule has 3 rings (SSSR count). The molecule has 0 aliphatic carbocycles. The Bertz CT molecular complexity index is 591. The third kappa shape index (κ3) is 2.93. The van der Waals surface area contributed by atoms with E-state index < -0.39 is 0 Å². The molecule has 104 valence electrons. The van der Waals surface area contributed by atoms with Gasteiger partial charge in [0.1, 0.15) is 0 Å². The first kappa shape index (κ1) is 13.0. The molecule has 1 aliphatic rings. The monoisotopic (exact) mass is 270 g/mol. The van der Waals surface area contributed by atoms with E-state index in [1.54, 1.807) is 6.20 Å². The Labute approximate surface area is 118 Å². The largest absolute Gasteiger partial charge is 0.339 e. The number of hydrogen-bond acceptors (Lipinski definition) is 5. The SMILES string of the molecule is CCc1nc(CN2CCC=C(c3cccnc3)C2)no1. The summed E-state index contributed by atoms with van der Waals surface area (Å²) < 4.78 is 5.15. The predicted molar refractivity (Wildman–Crippen MR) is 75.8 cm³/mol. The molecule has 0 saturated carbocycles.